The van der Waals surface area contributed by atoms with Gasteiger partial charge in [-0.1, -0.05) is 144 Å². The molecule has 0 N–H and O–H groups in total. The zero-order valence-electron chi connectivity index (χ0n) is 38.0. The molecule has 0 saturated carbocycles. The predicted octanol–water partition coefficient (Wildman–Crippen LogP) is 7.38. The van der Waals surface area contributed by atoms with Gasteiger partial charge in [-0.25, -0.2) is 9.36 Å². The highest BCUT2D eigenvalue weighted by Crippen LogP contribution is 2.34. The second kappa shape index (κ2) is 24.0. The lowest BCUT2D eigenvalue weighted by Gasteiger charge is -2.36. The van der Waals surface area contributed by atoms with Gasteiger partial charge < -0.3 is 37.9 Å². The Morgan fingerprint density at radius 3 is 1.18 bits per heavy atom. The normalized spacial score (nSPS) is 18.8. The molecule has 2 aromatic heterocycles. The molecule has 7 aromatic rings. The number of aromatic nitrogens is 6. The van der Waals surface area contributed by atoms with Crippen LogP contribution in [0.1, 0.15) is 13.8 Å². The molecule has 68 heavy (non-hydrogen) atoms. The van der Waals surface area contributed by atoms with Crippen LogP contribution < -0.4 is 9.47 Å². The van der Waals surface area contributed by atoms with E-state index in [-0.39, 0.29) is 65.9 Å². The zero-order valence-corrected chi connectivity index (χ0v) is 38.0. The third kappa shape index (κ3) is 12.4. The van der Waals surface area contributed by atoms with Crippen molar-refractivity contribution in [3.63, 3.8) is 0 Å². The molecule has 8 rings (SSSR count). The van der Waals surface area contributed by atoms with Crippen molar-refractivity contribution < 1.29 is 47.5 Å². The number of carbonyl (C=O) groups is 2. The van der Waals surface area contributed by atoms with Gasteiger partial charge in [0.25, 0.3) is 0 Å². The summed E-state index contributed by atoms with van der Waals surface area (Å²) in [4.78, 5) is 26.7. The molecule has 16 heteroatoms. The summed E-state index contributed by atoms with van der Waals surface area (Å²) in [6.07, 6.45) is -4.63. The molecule has 352 valence electrons. The molecule has 0 saturated heterocycles. The van der Waals surface area contributed by atoms with E-state index >= 15 is 0 Å². The maximum absolute atomic E-state index is 13.4. The first-order valence-corrected chi connectivity index (χ1v) is 22.6. The van der Waals surface area contributed by atoms with Crippen LogP contribution in [0.15, 0.2) is 146 Å². The molecular weight excluding hydrogens is 869 g/mol. The smallest absolute Gasteiger partial charge is 0.303 e. The average Bonchev–Trinajstić information content (AvgIpc) is 3.99. The summed E-state index contributed by atoms with van der Waals surface area (Å²) >= 11 is 0. The second-order valence-corrected chi connectivity index (χ2v) is 15.7. The van der Waals surface area contributed by atoms with Crippen LogP contribution in [0.5, 0.6) is 11.5 Å². The maximum Gasteiger partial charge on any atom is 0.303 e. The van der Waals surface area contributed by atoms with Gasteiger partial charge in [0.2, 0.25) is 0 Å². The molecule has 0 aliphatic carbocycles. The molecule has 0 fully saturated rings. The minimum absolute atomic E-state index is 0.00769. The standard InChI is InChI=1S/C52H54N6O10/c1-37(59)67-51-45(35-57-49(41-21-11-5-12-22-41)47(53-55-57)39-17-7-3-8-18-39)65-33-29-61-27-31-63-43-25-15-16-26-44(43)64-32-28-62-30-34-66-46(52(51)68-38(2)60)36-58-50(42-23-13-6-14-24-42)48(54-56-58)40-19-9-4-10-20-40/h3-26,45-46,51-52H,27-36H2,1-2H3/t45-,46-,51-,52-/m1/s1. The van der Waals surface area contributed by atoms with Gasteiger partial charge in [0.05, 0.1) is 64.1 Å². The van der Waals surface area contributed by atoms with Gasteiger partial charge in [0.15, 0.2) is 23.7 Å². The minimum Gasteiger partial charge on any atom is -0.487 e. The Balaban J connectivity index is 1.21. The Labute approximate surface area is 394 Å². The number of ether oxygens (including phenoxy) is 8. The van der Waals surface area contributed by atoms with Gasteiger partial charge in [-0.3, -0.25) is 9.59 Å². The summed E-state index contributed by atoms with van der Waals surface area (Å²) in [5.41, 5.74) is 6.04. The van der Waals surface area contributed by atoms with Crippen LogP contribution in [-0.2, 0) is 51.1 Å². The molecule has 4 atom stereocenters. The Bertz CT molecular complexity index is 2470. The van der Waals surface area contributed by atoms with Gasteiger partial charge >= 0.3 is 11.9 Å². The highest BCUT2D eigenvalue weighted by atomic mass is 16.6. The van der Waals surface area contributed by atoms with Crippen molar-refractivity contribution in [3.8, 4) is 56.5 Å². The second-order valence-electron chi connectivity index (χ2n) is 15.7. The molecule has 0 spiro atoms. The number of rotatable bonds is 10. The van der Waals surface area contributed by atoms with Crippen molar-refractivity contribution in [1.82, 2.24) is 30.0 Å². The number of esters is 2. The highest BCUT2D eigenvalue weighted by molar-refractivity contribution is 5.79. The SMILES string of the molecule is CC(=O)O[C@H]1[C@H](OC(C)=O)[C@@H](Cn2nnc(-c3ccccc3)c2-c2ccccc2)OCCOCCOc2ccccc2OCCOCCO[C@@H]1Cn1nnc(-c2ccccc2)c1-c1ccccc1. The Morgan fingerprint density at radius 1 is 0.471 bits per heavy atom. The van der Waals surface area contributed by atoms with E-state index in [9.17, 15) is 9.59 Å². The van der Waals surface area contributed by atoms with Crippen molar-refractivity contribution >= 4 is 11.9 Å². The van der Waals surface area contributed by atoms with E-state index in [2.05, 4.69) is 20.6 Å². The molecule has 1 aliphatic heterocycles. The number of benzene rings is 5. The van der Waals surface area contributed by atoms with Crippen LogP contribution >= 0.6 is 0 Å². The summed E-state index contributed by atoms with van der Waals surface area (Å²) in [6.45, 7) is 3.88. The summed E-state index contributed by atoms with van der Waals surface area (Å²) in [5, 5.41) is 18.7. The van der Waals surface area contributed by atoms with Crippen LogP contribution in [0.4, 0.5) is 0 Å². The Morgan fingerprint density at radius 2 is 0.809 bits per heavy atom. The van der Waals surface area contributed by atoms with Crippen molar-refractivity contribution in [3.05, 3.63) is 146 Å². The third-order valence-corrected chi connectivity index (χ3v) is 11.0. The van der Waals surface area contributed by atoms with Gasteiger partial charge in [-0.05, 0) is 12.1 Å². The molecule has 0 unspecified atom stereocenters. The van der Waals surface area contributed by atoms with Gasteiger partial charge in [0.1, 0.15) is 36.8 Å². The fraction of sp³-hybridized carbons (Fsp3) is 0.308. The number of nitrogens with zero attached hydrogens (tertiary/aromatic N) is 6. The first-order chi connectivity index (χ1) is 33.4. The van der Waals surface area contributed by atoms with Crippen LogP contribution in [0.25, 0.3) is 45.0 Å². The highest BCUT2D eigenvalue weighted by Gasteiger charge is 2.43. The van der Waals surface area contributed by atoms with E-state index in [4.69, 9.17) is 37.9 Å². The topological polar surface area (TPSA) is 169 Å². The van der Waals surface area contributed by atoms with Crippen molar-refractivity contribution in [1.29, 1.82) is 0 Å². The molecule has 0 radical (unpaired) electrons. The van der Waals surface area contributed by atoms with Crippen molar-refractivity contribution in [2.75, 3.05) is 52.9 Å². The number of hydrogen-bond donors (Lipinski definition) is 0. The van der Waals surface area contributed by atoms with Crippen LogP contribution in [0.3, 0.4) is 0 Å². The van der Waals surface area contributed by atoms with Crippen molar-refractivity contribution in [2.24, 2.45) is 0 Å². The number of para-hydroxylation sites is 2. The van der Waals surface area contributed by atoms with E-state index in [1.165, 1.54) is 13.8 Å². The zero-order chi connectivity index (χ0) is 46.9. The first-order valence-electron chi connectivity index (χ1n) is 22.6. The number of carbonyl (C=O) groups excluding carboxylic acids is 2. The van der Waals surface area contributed by atoms with Gasteiger partial charge in [0, 0.05) is 36.1 Å². The lowest BCUT2D eigenvalue weighted by atomic mass is 10.00. The van der Waals surface area contributed by atoms with Crippen LogP contribution in [0.2, 0.25) is 0 Å². The monoisotopic (exact) mass is 922 g/mol. The summed E-state index contributed by atoms with van der Waals surface area (Å²) < 4.78 is 53.4. The summed E-state index contributed by atoms with van der Waals surface area (Å²) in [7, 11) is 0. The predicted molar refractivity (Wildman–Crippen MR) is 251 cm³/mol. The van der Waals surface area contributed by atoms with E-state index in [1.807, 2.05) is 146 Å². The fourth-order valence-electron chi connectivity index (χ4n) is 7.99. The van der Waals surface area contributed by atoms with E-state index in [0.717, 1.165) is 22.3 Å². The van der Waals surface area contributed by atoms with Gasteiger partial charge in [-0.2, -0.15) is 0 Å². The third-order valence-electron chi connectivity index (χ3n) is 11.0. The largest absolute Gasteiger partial charge is 0.487 e. The van der Waals surface area contributed by atoms with Crippen LogP contribution in [0, 0.1) is 0 Å². The quantitative estimate of drug-likeness (QED) is 0.125. The lowest BCUT2D eigenvalue weighted by Crippen LogP contribution is -2.53. The molecule has 16 nitrogen and oxygen atoms in total. The molecule has 0 bridgehead atoms. The number of hydrogen-bond acceptors (Lipinski definition) is 14. The van der Waals surface area contributed by atoms with Crippen LogP contribution in [-0.4, -0.2) is 119 Å². The van der Waals surface area contributed by atoms with E-state index in [0.29, 0.717) is 34.3 Å². The van der Waals surface area contributed by atoms with E-state index in [1.54, 1.807) is 9.36 Å². The molecule has 0 amide bonds. The van der Waals surface area contributed by atoms with Crippen molar-refractivity contribution in [2.45, 2.75) is 51.4 Å². The van der Waals surface area contributed by atoms with E-state index < -0.39 is 36.4 Å². The molecule has 1 aliphatic rings. The minimum atomic E-state index is -1.29. The van der Waals surface area contributed by atoms with Gasteiger partial charge in [-0.15, -0.1) is 10.2 Å². The average molecular weight is 923 g/mol. The summed E-state index contributed by atoms with van der Waals surface area (Å²) in [5.74, 6) is -0.141. The Kier molecular flexibility index (Phi) is 16.7. The first kappa shape index (κ1) is 47.3. The lowest BCUT2D eigenvalue weighted by molar-refractivity contribution is -0.199. The number of fused-ring (bicyclic) bond motifs is 1. The molecule has 5 aromatic carbocycles. The maximum atomic E-state index is 13.4. The molecular formula is C52H54N6O10. The molecule has 3 heterocycles. The fourth-order valence-corrected chi connectivity index (χ4v) is 7.99. The Hall–Kier alpha value is -7.24. The summed E-state index contributed by atoms with van der Waals surface area (Å²) in [6, 6.07) is 46.4.